The summed E-state index contributed by atoms with van der Waals surface area (Å²) < 4.78 is 0. The molecule has 15 atom stereocenters. The van der Waals surface area contributed by atoms with Gasteiger partial charge in [0.2, 0.25) is 23.6 Å². The number of rotatable bonds is 20. The van der Waals surface area contributed by atoms with Crippen LogP contribution < -0.4 is 27.0 Å². The zero-order chi connectivity index (χ0) is 45.7. The number of nitrogens with one attached hydrogen (secondary N) is 4. The van der Waals surface area contributed by atoms with Gasteiger partial charge < -0.3 is 42.3 Å². The normalized spacial score (nSPS) is 33.5. The van der Waals surface area contributed by atoms with Crippen molar-refractivity contribution >= 4 is 29.6 Å². The maximum Gasteiger partial charge on any atom is 0.303 e. The highest BCUT2D eigenvalue weighted by Crippen LogP contribution is 2.68. The fourth-order valence-electron chi connectivity index (χ4n) is 12.7. The topological polar surface area (TPSA) is 220 Å². The van der Waals surface area contributed by atoms with Crippen LogP contribution in [0.1, 0.15) is 160 Å². The summed E-state index contributed by atoms with van der Waals surface area (Å²) in [6.07, 6.45) is 6.69. The van der Waals surface area contributed by atoms with Crippen LogP contribution >= 0.6 is 0 Å². The number of fused-ring (bicyclic) bond motifs is 5. The van der Waals surface area contributed by atoms with Gasteiger partial charge in [0, 0.05) is 12.5 Å². The fourth-order valence-corrected chi connectivity index (χ4v) is 12.7. The van der Waals surface area contributed by atoms with Crippen LogP contribution in [0.4, 0.5) is 0 Å². The van der Waals surface area contributed by atoms with E-state index >= 15 is 0 Å². The molecule has 350 valence electrons. The third kappa shape index (κ3) is 12.3. The van der Waals surface area contributed by atoms with Gasteiger partial charge in [0.1, 0.15) is 18.1 Å². The van der Waals surface area contributed by atoms with Crippen LogP contribution in [0.5, 0.6) is 0 Å². The third-order valence-electron chi connectivity index (χ3n) is 15.8. The van der Waals surface area contributed by atoms with E-state index in [0.717, 1.165) is 25.7 Å². The highest BCUT2D eigenvalue weighted by atomic mass is 16.4. The molecule has 61 heavy (non-hydrogen) atoms. The molecule has 0 heterocycles. The third-order valence-corrected chi connectivity index (χ3v) is 15.8. The number of carboxylic acids is 1. The molecule has 0 aromatic carbocycles. The van der Waals surface area contributed by atoms with Crippen molar-refractivity contribution < 1.29 is 39.3 Å². The van der Waals surface area contributed by atoms with Crippen molar-refractivity contribution in [1.29, 1.82) is 0 Å². The molecule has 9 N–H and O–H groups in total. The summed E-state index contributed by atoms with van der Waals surface area (Å²) in [6, 6.07) is -3.51. The van der Waals surface area contributed by atoms with Crippen molar-refractivity contribution in [3.63, 3.8) is 0 Å². The first-order chi connectivity index (χ1) is 28.4. The maximum absolute atomic E-state index is 14.2. The molecule has 13 nitrogen and oxygen atoms in total. The molecule has 0 bridgehead atoms. The van der Waals surface area contributed by atoms with Gasteiger partial charge in [0.05, 0.1) is 18.2 Å². The minimum atomic E-state index is -0.922. The van der Waals surface area contributed by atoms with Gasteiger partial charge in [-0.3, -0.25) is 24.0 Å². The van der Waals surface area contributed by atoms with E-state index < -0.39 is 60.1 Å². The average molecular weight is 860 g/mol. The number of nitrogens with two attached hydrogens (primary N) is 1. The Kier molecular flexibility index (Phi) is 17.7. The Labute approximate surface area is 367 Å². The zero-order valence-electron chi connectivity index (χ0n) is 39.5. The molecule has 4 amide bonds. The predicted octanol–water partition coefficient (Wildman–Crippen LogP) is 5.54. The van der Waals surface area contributed by atoms with Crippen molar-refractivity contribution in [2.24, 2.45) is 75.7 Å². The van der Waals surface area contributed by atoms with Crippen molar-refractivity contribution in [3.8, 4) is 0 Å². The average Bonchev–Trinajstić information content (AvgIpc) is 3.51. The Morgan fingerprint density at radius 1 is 0.656 bits per heavy atom. The van der Waals surface area contributed by atoms with Gasteiger partial charge in [-0.25, -0.2) is 0 Å². The number of aliphatic hydroxyl groups is 2. The summed E-state index contributed by atoms with van der Waals surface area (Å²) in [6.45, 7) is 22.5. The number of carboxylic acid groups (broad SMARTS) is 1. The molecule has 4 aliphatic rings. The lowest BCUT2D eigenvalue weighted by molar-refractivity contribution is -0.202. The number of hydrogen-bond acceptors (Lipinski definition) is 8. The Bertz CT molecular complexity index is 1520. The Hall–Kier alpha value is -2.77. The summed E-state index contributed by atoms with van der Waals surface area (Å²) in [5, 5.41) is 45.3. The van der Waals surface area contributed by atoms with Gasteiger partial charge >= 0.3 is 5.97 Å². The quantitative estimate of drug-likeness (QED) is 0.0770. The van der Waals surface area contributed by atoms with Gasteiger partial charge in [-0.05, 0) is 147 Å². The maximum atomic E-state index is 14.2. The molecular weight excluding hydrogens is 775 g/mol. The van der Waals surface area contributed by atoms with Gasteiger partial charge in [-0.2, -0.15) is 0 Å². The lowest BCUT2D eigenvalue weighted by atomic mass is 9.43. The standard InChI is InChI=1S/C48H85N5O8/c1-25(2)18-35(49)43(58)51-37(20-27(5)6)45(60)53-38(21-28(7)8)46(61)52-36(19-26(3)4)44(59)50-31-16-17-47(10)30(22-31)23-39(54)42-33-14-13-32(29(9)12-15-41(56)57)48(33,11)40(55)24-34(42)47/h25-40,42,54-55H,12-24,49H2,1-11H3,(H,50,59)(H,51,58)(H,52,61)(H,53,60)(H,56,57)/t29-,30+,31+,32-,33?,34?,35+,36+,37+,38+,39?,40+,42?,47+,48-/m1/s1. The predicted molar refractivity (Wildman–Crippen MR) is 238 cm³/mol. The van der Waals surface area contributed by atoms with E-state index in [1.54, 1.807) is 0 Å². The van der Waals surface area contributed by atoms with Crippen LogP contribution in [0.25, 0.3) is 0 Å². The summed E-state index contributed by atoms with van der Waals surface area (Å²) in [5.41, 5.74) is 5.67. The number of aliphatic hydroxyl groups excluding tert-OH is 2. The molecule has 13 heteroatoms. The van der Waals surface area contributed by atoms with Gasteiger partial charge in [0.15, 0.2) is 0 Å². The molecule has 0 saturated heterocycles. The van der Waals surface area contributed by atoms with E-state index in [-0.39, 0.29) is 88.4 Å². The molecule has 0 aromatic heterocycles. The Morgan fingerprint density at radius 2 is 1.16 bits per heavy atom. The molecule has 4 fully saturated rings. The molecule has 4 aliphatic carbocycles. The van der Waals surface area contributed by atoms with Gasteiger partial charge in [-0.1, -0.05) is 76.2 Å². The Morgan fingerprint density at radius 3 is 1.67 bits per heavy atom. The summed E-state index contributed by atoms with van der Waals surface area (Å²) in [7, 11) is 0. The largest absolute Gasteiger partial charge is 0.481 e. The molecule has 0 aliphatic heterocycles. The summed E-state index contributed by atoms with van der Waals surface area (Å²) >= 11 is 0. The monoisotopic (exact) mass is 860 g/mol. The zero-order valence-corrected chi connectivity index (χ0v) is 39.5. The molecule has 0 spiro atoms. The van der Waals surface area contributed by atoms with Crippen LogP contribution in [0.2, 0.25) is 0 Å². The number of aliphatic carboxylic acids is 1. The van der Waals surface area contributed by atoms with Gasteiger partial charge in [-0.15, -0.1) is 0 Å². The van der Waals surface area contributed by atoms with E-state index in [1.807, 2.05) is 55.4 Å². The molecular formula is C48H85N5O8. The van der Waals surface area contributed by atoms with Crippen LogP contribution in [-0.2, 0) is 24.0 Å². The first kappa shape index (κ1) is 50.9. The van der Waals surface area contributed by atoms with E-state index in [1.165, 1.54) is 0 Å². The first-order valence-corrected chi connectivity index (χ1v) is 23.9. The van der Waals surface area contributed by atoms with Crippen LogP contribution in [-0.4, -0.2) is 87.3 Å². The molecule has 0 aromatic rings. The van der Waals surface area contributed by atoms with Crippen LogP contribution in [0, 0.1) is 70.0 Å². The number of hydrogen-bond donors (Lipinski definition) is 8. The van der Waals surface area contributed by atoms with Crippen molar-refractivity contribution in [1.82, 2.24) is 21.3 Å². The second-order valence-electron chi connectivity index (χ2n) is 22.3. The second-order valence-corrected chi connectivity index (χ2v) is 22.3. The first-order valence-electron chi connectivity index (χ1n) is 23.9. The molecule has 4 unspecified atom stereocenters. The van der Waals surface area contributed by atoms with Gasteiger partial charge in [0.25, 0.3) is 0 Å². The second kappa shape index (κ2) is 21.3. The van der Waals surface area contributed by atoms with Crippen molar-refractivity contribution in [2.45, 2.75) is 202 Å². The van der Waals surface area contributed by atoms with Crippen LogP contribution in [0.15, 0.2) is 0 Å². The van der Waals surface area contributed by atoms with Crippen LogP contribution in [0.3, 0.4) is 0 Å². The number of carbonyl (C=O) groups excluding carboxylic acids is 4. The SMILES string of the molecule is CC(C)C[C@H](NC(=O)[C@H](CC(C)C)NC(=O)[C@H](CC(C)C)NC(=O)[C@@H](N)CC(C)C)C(=O)N[C@H]1CC[C@]2(C)C3C[C@H](O)[C@@]4(C)C(CC[C@@H]4[C@H](C)CCC(=O)O)C3C(O)C[C@@H]2C1. The minimum Gasteiger partial charge on any atom is -0.481 e. The summed E-state index contributed by atoms with van der Waals surface area (Å²) in [5.74, 6) is -1.02. The fraction of sp³-hybridized carbons (Fsp3) is 0.896. The molecule has 4 saturated carbocycles. The van der Waals surface area contributed by atoms with E-state index in [2.05, 4.69) is 42.0 Å². The van der Waals surface area contributed by atoms with Crippen molar-refractivity contribution in [3.05, 3.63) is 0 Å². The van der Waals surface area contributed by atoms with Crippen molar-refractivity contribution in [2.75, 3.05) is 0 Å². The lowest BCUT2D eigenvalue weighted by Crippen LogP contribution is -2.63. The number of carbonyl (C=O) groups is 5. The van der Waals surface area contributed by atoms with E-state index in [9.17, 15) is 39.3 Å². The van der Waals surface area contributed by atoms with E-state index in [4.69, 9.17) is 5.73 Å². The number of amides is 4. The Balaban J connectivity index is 1.44. The highest BCUT2D eigenvalue weighted by Gasteiger charge is 2.65. The summed E-state index contributed by atoms with van der Waals surface area (Å²) in [4.78, 5) is 66.4. The molecule has 0 radical (unpaired) electrons. The smallest absolute Gasteiger partial charge is 0.303 e. The van der Waals surface area contributed by atoms with E-state index in [0.29, 0.717) is 51.4 Å². The minimum absolute atomic E-state index is 0.0505. The highest BCUT2D eigenvalue weighted by molar-refractivity contribution is 5.94. The molecule has 4 rings (SSSR count). The lowest BCUT2D eigenvalue weighted by Gasteiger charge is -2.63.